The highest BCUT2D eigenvalue weighted by molar-refractivity contribution is 5.79. The summed E-state index contributed by atoms with van der Waals surface area (Å²) in [6, 6.07) is 0.410. The summed E-state index contributed by atoms with van der Waals surface area (Å²) in [5.41, 5.74) is 5.72. The van der Waals surface area contributed by atoms with Crippen LogP contribution in [0.15, 0.2) is 0 Å². The standard InChI is InChI=1S/C16H34N4O/c1-12(2)14(10-17)16(21)18-11-15(13(3)4)20-8-6-19(5)7-9-20/h12-15H,6-11,17H2,1-5H3,(H,18,21). The zero-order valence-corrected chi connectivity index (χ0v) is 14.4. The average molecular weight is 298 g/mol. The van der Waals surface area contributed by atoms with Gasteiger partial charge in [-0.3, -0.25) is 9.69 Å². The third-order valence-electron chi connectivity index (χ3n) is 4.66. The topological polar surface area (TPSA) is 61.6 Å². The van der Waals surface area contributed by atoms with Crippen LogP contribution < -0.4 is 11.1 Å². The Balaban J connectivity index is 2.53. The fraction of sp³-hybridized carbons (Fsp3) is 0.938. The molecule has 1 fully saturated rings. The first kappa shape index (κ1) is 18.4. The summed E-state index contributed by atoms with van der Waals surface area (Å²) < 4.78 is 0. The van der Waals surface area contributed by atoms with E-state index in [4.69, 9.17) is 5.73 Å². The zero-order valence-electron chi connectivity index (χ0n) is 14.4. The number of rotatable bonds is 7. The van der Waals surface area contributed by atoms with Gasteiger partial charge in [0, 0.05) is 45.3 Å². The highest BCUT2D eigenvalue weighted by Gasteiger charge is 2.27. The first-order chi connectivity index (χ1) is 9.86. The molecule has 0 saturated carbocycles. The van der Waals surface area contributed by atoms with Gasteiger partial charge < -0.3 is 16.0 Å². The molecule has 1 amide bonds. The van der Waals surface area contributed by atoms with Crippen molar-refractivity contribution in [3.05, 3.63) is 0 Å². The van der Waals surface area contributed by atoms with Crippen molar-refractivity contribution in [3.8, 4) is 0 Å². The average Bonchev–Trinajstić information content (AvgIpc) is 2.41. The Morgan fingerprint density at radius 1 is 1.10 bits per heavy atom. The van der Waals surface area contributed by atoms with Gasteiger partial charge in [0.2, 0.25) is 5.91 Å². The number of likely N-dealkylation sites (N-methyl/N-ethyl adjacent to an activating group) is 1. The van der Waals surface area contributed by atoms with Crippen molar-refractivity contribution in [3.63, 3.8) is 0 Å². The zero-order chi connectivity index (χ0) is 16.0. The highest BCUT2D eigenvalue weighted by Crippen LogP contribution is 2.14. The lowest BCUT2D eigenvalue weighted by Gasteiger charge is -2.40. The van der Waals surface area contributed by atoms with E-state index >= 15 is 0 Å². The Hall–Kier alpha value is -0.650. The van der Waals surface area contributed by atoms with Crippen LogP contribution in [0.25, 0.3) is 0 Å². The molecule has 0 aliphatic carbocycles. The molecule has 0 radical (unpaired) electrons. The van der Waals surface area contributed by atoms with E-state index in [-0.39, 0.29) is 17.7 Å². The summed E-state index contributed by atoms with van der Waals surface area (Å²) in [5.74, 6) is 0.845. The van der Waals surface area contributed by atoms with E-state index in [1.54, 1.807) is 0 Å². The largest absolute Gasteiger partial charge is 0.354 e. The van der Waals surface area contributed by atoms with Crippen LogP contribution in [0.3, 0.4) is 0 Å². The van der Waals surface area contributed by atoms with Gasteiger partial charge in [-0.1, -0.05) is 27.7 Å². The van der Waals surface area contributed by atoms with Gasteiger partial charge in [0.15, 0.2) is 0 Å². The third kappa shape index (κ3) is 5.57. The maximum Gasteiger partial charge on any atom is 0.224 e. The number of hydrogen-bond donors (Lipinski definition) is 2. The van der Waals surface area contributed by atoms with Gasteiger partial charge in [0.1, 0.15) is 0 Å². The van der Waals surface area contributed by atoms with E-state index in [2.05, 4.69) is 49.9 Å². The first-order valence-electron chi connectivity index (χ1n) is 8.27. The second kappa shape index (κ2) is 8.71. The van der Waals surface area contributed by atoms with E-state index in [9.17, 15) is 4.79 Å². The predicted octanol–water partition coefficient (Wildman–Crippen LogP) is 0.606. The third-order valence-corrected chi connectivity index (χ3v) is 4.66. The van der Waals surface area contributed by atoms with Crippen molar-refractivity contribution in [1.82, 2.24) is 15.1 Å². The van der Waals surface area contributed by atoms with Gasteiger partial charge in [-0.15, -0.1) is 0 Å². The molecular formula is C16H34N4O. The number of piperazine rings is 1. The molecule has 5 heteroatoms. The van der Waals surface area contributed by atoms with Crippen LogP contribution in [0.1, 0.15) is 27.7 Å². The van der Waals surface area contributed by atoms with Crippen LogP contribution >= 0.6 is 0 Å². The fourth-order valence-electron chi connectivity index (χ4n) is 2.96. The number of nitrogens with one attached hydrogen (secondary N) is 1. The Bertz CT molecular complexity index is 311. The lowest BCUT2D eigenvalue weighted by Crippen LogP contribution is -2.54. The monoisotopic (exact) mass is 298 g/mol. The molecule has 1 saturated heterocycles. The summed E-state index contributed by atoms with van der Waals surface area (Å²) in [5, 5.41) is 3.13. The summed E-state index contributed by atoms with van der Waals surface area (Å²) >= 11 is 0. The Morgan fingerprint density at radius 2 is 1.67 bits per heavy atom. The van der Waals surface area contributed by atoms with Crippen molar-refractivity contribution in [1.29, 1.82) is 0 Å². The van der Waals surface area contributed by atoms with Gasteiger partial charge in [-0.2, -0.15) is 0 Å². The lowest BCUT2D eigenvalue weighted by molar-refractivity contribution is -0.126. The van der Waals surface area contributed by atoms with Crippen LogP contribution in [0.5, 0.6) is 0 Å². The molecule has 0 spiro atoms. The quantitative estimate of drug-likeness (QED) is 0.723. The maximum absolute atomic E-state index is 12.3. The fourth-order valence-corrected chi connectivity index (χ4v) is 2.96. The van der Waals surface area contributed by atoms with Gasteiger partial charge in [0.05, 0.1) is 5.92 Å². The number of nitrogens with zero attached hydrogens (tertiary/aromatic N) is 2. The van der Waals surface area contributed by atoms with Crippen molar-refractivity contribution in [2.24, 2.45) is 23.5 Å². The first-order valence-corrected chi connectivity index (χ1v) is 8.27. The van der Waals surface area contributed by atoms with Gasteiger partial charge in [-0.05, 0) is 18.9 Å². The van der Waals surface area contributed by atoms with Crippen molar-refractivity contribution in [2.45, 2.75) is 33.7 Å². The highest BCUT2D eigenvalue weighted by atomic mass is 16.1. The molecule has 124 valence electrons. The molecule has 3 N–H and O–H groups in total. The van der Waals surface area contributed by atoms with Crippen molar-refractivity contribution >= 4 is 5.91 Å². The minimum absolute atomic E-state index is 0.0784. The molecule has 2 unspecified atom stereocenters. The molecule has 2 atom stereocenters. The lowest BCUT2D eigenvalue weighted by atomic mass is 9.94. The molecular weight excluding hydrogens is 264 g/mol. The molecule has 21 heavy (non-hydrogen) atoms. The number of amides is 1. The van der Waals surface area contributed by atoms with E-state index in [1.807, 2.05) is 0 Å². The van der Waals surface area contributed by atoms with E-state index in [0.29, 0.717) is 18.5 Å². The van der Waals surface area contributed by atoms with Crippen LogP contribution in [0, 0.1) is 17.8 Å². The van der Waals surface area contributed by atoms with E-state index < -0.39 is 0 Å². The van der Waals surface area contributed by atoms with Crippen molar-refractivity contribution in [2.75, 3.05) is 46.3 Å². The van der Waals surface area contributed by atoms with Crippen LogP contribution in [0.4, 0.5) is 0 Å². The Morgan fingerprint density at radius 3 is 2.10 bits per heavy atom. The van der Waals surface area contributed by atoms with E-state index in [0.717, 1.165) is 32.7 Å². The van der Waals surface area contributed by atoms with Crippen LogP contribution in [-0.2, 0) is 4.79 Å². The second-order valence-electron chi connectivity index (χ2n) is 6.98. The summed E-state index contributed by atoms with van der Waals surface area (Å²) in [4.78, 5) is 17.1. The van der Waals surface area contributed by atoms with E-state index in [1.165, 1.54) is 0 Å². The molecule has 0 bridgehead atoms. The smallest absolute Gasteiger partial charge is 0.224 e. The van der Waals surface area contributed by atoms with Crippen molar-refractivity contribution < 1.29 is 4.79 Å². The molecule has 0 aromatic heterocycles. The van der Waals surface area contributed by atoms with Gasteiger partial charge in [-0.25, -0.2) is 0 Å². The number of carbonyl (C=O) groups excluding carboxylic acids is 1. The minimum Gasteiger partial charge on any atom is -0.354 e. The van der Waals surface area contributed by atoms with Gasteiger partial charge >= 0.3 is 0 Å². The Labute approximate surface area is 130 Å². The normalized spacial score (nSPS) is 20.8. The molecule has 5 nitrogen and oxygen atoms in total. The molecule has 1 aliphatic rings. The van der Waals surface area contributed by atoms with Crippen LogP contribution in [0.2, 0.25) is 0 Å². The van der Waals surface area contributed by atoms with Crippen LogP contribution in [-0.4, -0.2) is 68.1 Å². The second-order valence-corrected chi connectivity index (χ2v) is 6.98. The molecule has 1 rings (SSSR count). The number of carbonyl (C=O) groups is 1. The number of nitrogens with two attached hydrogens (primary N) is 1. The Kier molecular flexibility index (Phi) is 7.63. The summed E-state index contributed by atoms with van der Waals surface area (Å²) in [6.07, 6.45) is 0. The summed E-state index contributed by atoms with van der Waals surface area (Å²) in [6.45, 7) is 14.1. The predicted molar refractivity (Wildman–Crippen MR) is 88.1 cm³/mol. The SMILES string of the molecule is CC(C)C(CN)C(=O)NCC(C(C)C)N1CCN(C)CC1. The minimum atomic E-state index is -0.0784. The number of hydrogen-bond acceptors (Lipinski definition) is 4. The molecule has 0 aromatic carbocycles. The maximum atomic E-state index is 12.3. The molecule has 0 aromatic rings. The summed E-state index contributed by atoms with van der Waals surface area (Å²) in [7, 11) is 2.16. The van der Waals surface area contributed by atoms with Gasteiger partial charge in [0.25, 0.3) is 0 Å². The molecule has 1 heterocycles. The molecule has 1 aliphatic heterocycles.